The lowest BCUT2D eigenvalue weighted by atomic mass is 10.2. The van der Waals surface area contributed by atoms with Crippen molar-refractivity contribution in [1.29, 1.82) is 0 Å². The zero-order valence-corrected chi connectivity index (χ0v) is 13.7. The number of hydrogen-bond donors (Lipinski definition) is 0. The van der Waals surface area contributed by atoms with Gasteiger partial charge in [-0.25, -0.2) is 13.8 Å². The van der Waals surface area contributed by atoms with Gasteiger partial charge < -0.3 is 9.47 Å². The highest BCUT2D eigenvalue weighted by atomic mass is 19.3. The molecule has 0 aliphatic carbocycles. The summed E-state index contributed by atoms with van der Waals surface area (Å²) in [6, 6.07) is 2.90. The van der Waals surface area contributed by atoms with Gasteiger partial charge in [-0.2, -0.15) is 8.78 Å². The molecule has 0 radical (unpaired) electrons. The summed E-state index contributed by atoms with van der Waals surface area (Å²) in [5, 5.41) is 7.04. The van der Waals surface area contributed by atoms with Crippen molar-refractivity contribution in [1.82, 2.24) is 24.6 Å². The van der Waals surface area contributed by atoms with Crippen molar-refractivity contribution >= 4 is 5.65 Å². The molecule has 0 saturated heterocycles. The van der Waals surface area contributed by atoms with Crippen molar-refractivity contribution in [2.75, 3.05) is 13.7 Å². The van der Waals surface area contributed by atoms with Crippen LogP contribution in [0.1, 0.15) is 12.7 Å². The van der Waals surface area contributed by atoms with Crippen LogP contribution < -0.4 is 4.74 Å². The minimum absolute atomic E-state index is 0.00672. The Morgan fingerprint density at radius 3 is 2.46 bits per heavy atom. The third-order valence-electron chi connectivity index (χ3n) is 3.31. The van der Waals surface area contributed by atoms with E-state index >= 15 is 0 Å². The number of rotatable bonds is 6. The predicted octanol–water partition coefficient (Wildman–Crippen LogP) is 2.92. The zero-order chi connectivity index (χ0) is 18.9. The second-order valence-electron chi connectivity index (χ2n) is 5.49. The Kier molecular flexibility index (Phi) is 4.48. The molecule has 3 aromatic rings. The van der Waals surface area contributed by atoms with Crippen molar-refractivity contribution in [3.05, 3.63) is 36.5 Å². The molecule has 0 fully saturated rings. The van der Waals surface area contributed by atoms with Crippen molar-refractivity contribution in [2.45, 2.75) is 19.0 Å². The van der Waals surface area contributed by atoms with E-state index in [-0.39, 0.29) is 11.5 Å². The average molecular weight is 371 g/mol. The van der Waals surface area contributed by atoms with Gasteiger partial charge in [0.15, 0.2) is 12.3 Å². The van der Waals surface area contributed by atoms with Gasteiger partial charge in [0, 0.05) is 38.1 Å². The SMILES string of the molecule is COC(F)(F)c1nnc2cnc(-c3ccc(OCC(C)(F)F)nc3)cn12. The molecular weight excluding hydrogens is 358 g/mol. The van der Waals surface area contributed by atoms with Gasteiger partial charge in [-0.3, -0.25) is 9.38 Å². The highest BCUT2D eigenvalue weighted by Gasteiger charge is 2.37. The van der Waals surface area contributed by atoms with E-state index in [0.717, 1.165) is 18.4 Å². The minimum atomic E-state index is -3.63. The lowest BCUT2D eigenvalue weighted by Crippen LogP contribution is -2.21. The Morgan fingerprint density at radius 2 is 1.85 bits per heavy atom. The molecule has 0 unspecified atom stereocenters. The summed E-state index contributed by atoms with van der Waals surface area (Å²) in [7, 11) is 0.853. The quantitative estimate of drug-likeness (QED) is 0.621. The summed E-state index contributed by atoms with van der Waals surface area (Å²) in [6.45, 7) is -0.0766. The summed E-state index contributed by atoms with van der Waals surface area (Å²) < 4.78 is 63.2. The van der Waals surface area contributed by atoms with Crippen LogP contribution in [0.3, 0.4) is 0 Å². The van der Waals surface area contributed by atoms with Gasteiger partial charge in [-0.1, -0.05) is 0 Å². The highest BCUT2D eigenvalue weighted by Crippen LogP contribution is 2.28. The number of fused-ring (bicyclic) bond motifs is 1. The number of alkyl halides is 4. The van der Waals surface area contributed by atoms with Crippen LogP contribution >= 0.6 is 0 Å². The lowest BCUT2D eigenvalue weighted by Gasteiger charge is -2.12. The molecule has 0 N–H and O–H groups in total. The summed E-state index contributed by atoms with van der Waals surface area (Å²) in [5.74, 6) is -3.67. The first-order chi connectivity index (χ1) is 12.2. The van der Waals surface area contributed by atoms with Gasteiger partial charge in [-0.15, -0.1) is 10.2 Å². The van der Waals surface area contributed by atoms with Crippen molar-refractivity contribution in [3.63, 3.8) is 0 Å². The molecule has 3 aromatic heterocycles. The van der Waals surface area contributed by atoms with E-state index in [1.807, 2.05) is 0 Å². The fourth-order valence-electron chi connectivity index (χ4n) is 2.06. The van der Waals surface area contributed by atoms with E-state index in [0.29, 0.717) is 11.3 Å². The third-order valence-corrected chi connectivity index (χ3v) is 3.31. The monoisotopic (exact) mass is 371 g/mol. The molecule has 138 valence electrons. The number of ether oxygens (including phenoxy) is 2. The highest BCUT2D eigenvalue weighted by molar-refractivity contribution is 5.59. The largest absolute Gasteiger partial charge is 0.471 e. The fourth-order valence-corrected chi connectivity index (χ4v) is 2.06. The Balaban J connectivity index is 1.89. The maximum atomic E-state index is 13.8. The van der Waals surface area contributed by atoms with E-state index in [2.05, 4.69) is 24.9 Å². The number of pyridine rings is 1. The summed E-state index contributed by atoms with van der Waals surface area (Å²) in [6.07, 6.45) is 0.268. The molecule has 3 heterocycles. The molecule has 3 rings (SSSR count). The topological polar surface area (TPSA) is 74.4 Å². The number of methoxy groups -OCH3 is 1. The number of nitrogens with zero attached hydrogens (tertiary/aromatic N) is 5. The van der Waals surface area contributed by atoms with Crippen LogP contribution in [0.2, 0.25) is 0 Å². The van der Waals surface area contributed by atoms with Crippen LogP contribution in [0.25, 0.3) is 16.9 Å². The molecule has 11 heteroatoms. The summed E-state index contributed by atoms with van der Waals surface area (Å²) in [4.78, 5) is 8.01. The molecule has 0 aliphatic rings. The smallest absolute Gasteiger partial charge is 0.417 e. The van der Waals surface area contributed by atoms with Crippen LogP contribution in [-0.4, -0.2) is 44.2 Å². The van der Waals surface area contributed by atoms with Gasteiger partial charge >= 0.3 is 6.11 Å². The van der Waals surface area contributed by atoms with Gasteiger partial charge in [0.25, 0.3) is 5.92 Å². The normalized spacial score (nSPS) is 12.5. The number of hydrogen-bond acceptors (Lipinski definition) is 6. The van der Waals surface area contributed by atoms with Gasteiger partial charge in [0.05, 0.1) is 11.9 Å². The molecule has 0 bridgehead atoms. The fraction of sp³-hybridized carbons (Fsp3) is 0.333. The van der Waals surface area contributed by atoms with Crippen LogP contribution in [0, 0.1) is 0 Å². The molecule has 0 saturated carbocycles. The second kappa shape index (κ2) is 6.48. The summed E-state index contributed by atoms with van der Waals surface area (Å²) >= 11 is 0. The molecule has 0 aliphatic heterocycles. The Hall–Kier alpha value is -2.82. The molecular formula is C15H13F4N5O2. The van der Waals surface area contributed by atoms with E-state index in [4.69, 9.17) is 4.74 Å². The van der Waals surface area contributed by atoms with Gasteiger partial charge in [0.1, 0.15) is 0 Å². The van der Waals surface area contributed by atoms with Crippen LogP contribution in [0.4, 0.5) is 17.6 Å². The average Bonchev–Trinajstić information content (AvgIpc) is 3.04. The van der Waals surface area contributed by atoms with E-state index in [1.54, 1.807) is 0 Å². The third kappa shape index (κ3) is 3.72. The van der Waals surface area contributed by atoms with Crippen LogP contribution in [-0.2, 0) is 10.8 Å². The maximum absolute atomic E-state index is 13.8. The Bertz CT molecular complexity index is 909. The predicted molar refractivity (Wildman–Crippen MR) is 81.0 cm³/mol. The first-order valence-corrected chi connectivity index (χ1v) is 7.31. The van der Waals surface area contributed by atoms with Crippen LogP contribution in [0.15, 0.2) is 30.7 Å². The first-order valence-electron chi connectivity index (χ1n) is 7.31. The van der Waals surface area contributed by atoms with Crippen molar-refractivity contribution in [3.8, 4) is 17.1 Å². The molecule has 7 nitrogen and oxygen atoms in total. The zero-order valence-electron chi connectivity index (χ0n) is 13.7. The molecule has 0 aromatic carbocycles. The molecule has 0 spiro atoms. The standard InChI is InChI=1S/C15H13F4N5O2/c1-14(16,17)8-26-12-4-3-9(5-21-12)10-7-24-11(6-20-10)22-23-13(24)15(18,19)25-2/h3-7H,8H2,1-2H3. The first kappa shape index (κ1) is 18.0. The molecule has 0 amide bonds. The van der Waals surface area contributed by atoms with Crippen molar-refractivity contribution in [2.24, 2.45) is 0 Å². The van der Waals surface area contributed by atoms with Gasteiger partial charge in [-0.05, 0) is 6.07 Å². The van der Waals surface area contributed by atoms with Gasteiger partial charge in [0.2, 0.25) is 11.7 Å². The van der Waals surface area contributed by atoms with Crippen molar-refractivity contribution < 1.29 is 27.0 Å². The molecule has 26 heavy (non-hydrogen) atoms. The van der Waals surface area contributed by atoms with E-state index < -0.39 is 24.5 Å². The minimum Gasteiger partial charge on any atom is -0.471 e. The van der Waals surface area contributed by atoms with E-state index in [1.165, 1.54) is 30.7 Å². The Morgan fingerprint density at radius 1 is 1.08 bits per heavy atom. The lowest BCUT2D eigenvalue weighted by molar-refractivity contribution is -0.237. The number of halogens is 4. The number of aromatic nitrogens is 5. The second-order valence-corrected chi connectivity index (χ2v) is 5.49. The Labute approximate surface area is 144 Å². The van der Waals surface area contributed by atoms with Crippen LogP contribution in [0.5, 0.6) is 5.88 Å². The summed E-state index contributed by atoms with van der Waals surface area (Å²) in [5.41, 5.74) is 0.867. The van der Waals surface area contributed by atoms with E-state index in [9.17, 15) is 17.6 Å². The maximum Gasteiger partial charge on any atom is 0.417 e. The molecule has 0 atom stereocenters.